The van der Waals surface area contributed by atoms with E-state index in [1.54, 1.807) is 7.05 Å². The van der Waals surface area contributed by atoms with Crippen LogP contribution < -0.4 is 5.32 Å². The van der Waals surface area contributed by atoms with Crippen LogP contribution in [-0.4, -0.2) is 56.4 Å². The predicted octanol–water partition coefficient (Wildman–Crippen LogP) is 3.02. The van der Waals surface area contributed by atoms with Crippen molar-refractivity contribution in [3.05, 3.63) is 29.8 Å². The van der Waals surface area contributed by atoms with Crippen molar-refractivity contribution in [2.24, 2.45) is 16.8 Å². The van der Waals surface area contributed by atoms with Gasteiger partial charge in [-0.25, -0.2) is 0 Å². The second-order valence-electron chi connectivity index (χ2n) is 6.15. The zero-order chi connectivity index (χ0) is 17.5. The first-order chi connectivity index (χ1) is 11.5. The van der Waals surface area contributed by atoms with Crippen molar-refractivity contribution in [2.45, 2.75) is 18.7 Å². The highest BCUT2D eigenvalue weighted by Crippen LogP contribution is 2.24. The second kappa shape index (κ2) is 10.9. The molecule has 1 saturated heterocycles. The lowest BCUT2D eigenvalue weighted by molar-refractivity contribution is -0.145. The Labute approximate surface area is 172 Å². The van der Waals surface area contributed by atoms with Gasteiger partial charge in [0.2, 0.25) is 0 Å². The Morgan fingerprint density at radius 2 is 2.04 bits per heavy atom. The SMILES string of the molecule is CN=C(NCCSc1ccc(C)cc1)N1CC(C)C(C(=O)OC)C1.I. The Balaban J connectivity index is 0.00000312. The third kappa shape index (κ3) is 6.36. The number of carbonyl (C=O) groups is 1. The average molecular weight is 477 g/mol. The monoisotopic (exact) mass is 477 g/mol. The van der Waals surface area contributed by atoms with Crippen LogP contribution in [0.4, 0.5) is 0 Å². The maximum atomic E-state index is 11.8. The number of carbonyl (C=O) groups excluding carboxylic acids is 1. The number of guanidine groups is 1. The Morgan fingerprint density at radius 3 is 2.64 bits per heavy atom. The second-order valence-corrected chi connectivity index (χ2v) is 7.32. The van der Waals surface area contributed by atoms with Crippen LogP contribution in [0.1, 0.15) is 12.5 Å². The molecule has 2 rings (SSSR count). The molecule has 0 aromatic heterocycles. The van der Waals surface area contributed by atoms with Gasteiger partial charge in [-0.3, -0.25) is 9.79 Å². The molecule has 1 fully saturated rings. The molecule has 1 heterocycles. The molecule has 0 amide bonds. The molecule has 25 heavy (non-hydrogen) atoms. The van der Waals surface area contributed by atoms with E-state index < -0.39 is 0 Å². The van der Waals surface area contributed by atoms with Gasteiger partial charge in [-0.2, -0.15) is 0 Å². The molecule has 0 radical (unpaired) electrons. The number of benzene rings is 1. The van der Waals surface area contributed by atoms with Gasteiger partial charge in [0.05, 0.1) is 13.0 Å². The number of methoxy groups -OCH3 is 1. The van der Waals surface area contributed by atoms with Crippen molar-refractivity contribution < 1.29 is 9.53 Å². The Kier molecular flexibility index (Phi) is 9.63. The third-order valence-electron chi connectivity index (χ3n) is 4.30. The number of rotatable bonds is 5. The van der Waals surface area contributed by atoms with Gasteiger partial charge < -0.3 is 15.0 Å². The maximum absolute atomic E-state index is 11.8. The van der Waals surface area contributed by atoms with Gasteiger partial charge in [-0.05, 0) is 25.0 Å². The Morgan fingerprint density at radius 1 is 1.36 bits per heavy atom. The van der Waals surface area contributed by atoms with Gasteiger partial charge in [0.25, 0.3) is 0 Å². The number of aryl methyl sites for hydroxylation is 1. The van der Waals surface area contributed by atoms with Crippen LogP contribution in [0.15, 0.2) is 34.2 Å². The average Bonchev–Trinajstić information content (AvgIpc) is 2.97. The highest BCUT2D eigenvalue weighted by Gasteiger charge is 2.36. The number of halogens is 1. The number of aliphatic imine (C=N–C) groups is 1. The molecule has 2 unspecified atom stereocenters. The van der Waals surface area contributed by atoms with Crippen LogP contribution in [-0.2, 0) is 9.53 Å². The van der Waals surface area contributed by atoms with E-state index >= 15 is 0 Å². The highest BCUT2D eigenvalue weighted by molar-refractivity contribution is 14.0. The molecule has 1 aliphatic rings. The molecule has 0 bridgehead atoms. The molecule has 7 heteroatoms. The Hall–Kier alpha value is -0.960. The molecule has 0 saturated carbocycles. The van der Waals surface area contributed by atoms with Gasteiger partial charge in [0, 0.05) is 37.3 Å². The number of likely N-dealkylation sites (tertiary alicyclic amines) is 1. The quantitative estimate of drug-likeness (QED) is 0.177. The summed E-state index contributed by atoms with van der Waals surface area (Å²) < 4.78 is 4.89. The van der Waals surface area contributed by atoms with Crippen molar-refractivity contribution in [3.63, 3.8) is 0 Å². The topological polar surface area (TPSA) is 53.9 Å². The van der Waals surface area contributed by atoms with Gasteiger partial charge >= 0.3 is 5.97 Å². The molecule has 140 valence electrons. The first-order valence-electron chi connectivity index (χ1n) is 8.28. The Bertz CT molecular complexity index is 580. The molecule has 1 aromatic carbocycles. The first-order valence-corrected chi connectivity index (χ1v) is 9.26. The largest absolute Gasteiger partial charge is 0.469 e. The summed E-state index contributed by atoms with van der Waals surface area (Å²) in [7, 11) is 3.23. The summed E-state index contributed by atoms with van der Waals surface area (Å²) >= 11 is 1.82. The van der Waals surface area contributed by atoms with E-state index in [2.05, 4.69) is 53.3 Å². The van der Waals surface area contributed by atoms with Gasteiger partial charge in [0.15, 0.2) is 5.96 Å². The summed E-state index contributed by atoms with van der Waals surface area (Å²) in [4.78, 5) is 19.6. The minimum absolute atomic E-state index is 0. The van der Waals surface area contributed by atoms with E-state index in [9.17, 15) is 4.79 Å². The summed E-state index contributed by atoms with van der Waals surface area (Å²) in [6, 6.07) is 8.57. The van der Waals surface area contributed by atoms with E-state index in [0.717, 1.165) is 24.8 Å². The lowest BCUT2D eigenvalue weighted by Gasteiger charge is -2.21. The van der Waals surface area contributed by atoms with Gasteiger partial charge in [-0.1, -0.05) is 24.6 Å². The van der Waals surface area contributed by atoms with Crippen molar-refractivity contribution in [1.82, 2.24) is 10.2 Å². The predicted molar refractivity (Wildman–Crippen MR) is 115 cm³/mol. The standard InChI is InChI=1S/C18H27N3O2S.HI/c1-13-5-7-15(8-6-13)24-10-9-20-18(19-3)21-11-14(2)16(12-21)17(22)23-4;/h5-8,14,16H,9-12H2,1-4H3,(H,19,20);1H. The maximum Gasteiger partial charge on any atom is 0.310 e. The summed E-state index contributed by atoms with van der Waals surface area (Å²) in [5, 5.41) is 3.39. The minimum atomic E-state index is -0.129. The molecule has 0 spiro atoms. The summed E-state index contributed by atoms with van der Waals surface area (Å²) in [6.45, 7) is 6.50. The van der Waals surface area contributed by atoms with Crippen LogP contribution >= 0.6 is 35.7 Å². The molecule has 5 nitrogen and oxygen atoms in total. The van der Waals surface area contributed by atoms with Crippen LogP contribution in [0, 0.1) is 18.8 Å². The van der Waals surface area contributed by atoms with Crippen molar-refractivity contribution in [2.75, 3.05) is 39.5 Å². The summed E-state index contributed by atoms with van der Waals surface area (Å²) in [5.74, 6) is 1.90. The van der Waals surface area contributed by atoms with Gasteiger partial charge in [0.1, 0.15) is 0 Å². The minimum Gasteiger partial charge on any atom is -0.469 e. The van der Waals surface area contributed by atoms with E-state index in [-0.39, 0.29) is 41.8 Å². The summed E-state index contributed by atoms with van der Waals surface area (Å²) in [6.07, 6.45) is 0. The third-order valence-corrected chi connectivity index (χ3v) is 5.32. The van der Waals surface area contributed by atoms with Crippen molar-refractivity contribution in [3.8, 4) is 0 Å². The molecule has 0 aliphatic carbocycles. The fourth-order valence-electron chi connectivity index (χ4n) is 2.90. The van der Waals surface area contributed by atoms with Gasteiger partial charge in [-0.15, -0.1) is 35.7 Å². The van der Waals surface area contributed by atoms with Crippen molar-refractivity contribution in [1.29, 1.82) is 0 Å². The van der Waals surface area contributed by atoms with E-state index in [1.165, 1.54) is 17.6 Å². The zero-order valence-corrected chi connectivity index (χ0v) is 18.5. The lowest BCUT2D eigenvalue weighted by Crippen LogP contribution is -2.41. The van der Waals surface area contributed by atoms with Crippen molar-refractivity contribution >= 4 is 47.7 Å². The fraction of sp³-hybridized carbons (Fsp3) is 0.556. The van der Waals surface area contributed by atoms with E-state index in [4.69, 9.17) is 4.74 Å². The normalized spacial score (nSPS) is 20.2. The molecule has 1 aliphatic heterocycles. The number of esters is 1. The number of hydrogen-bond acceptors (Lipinski definition) is 4. The number of hydrogen-bond donors (Lipinski definition) is 1. The molecule has 1 N–H and O–H groups in total. The molecule has 1 aromatic rings. The van der Waals surface area contributed by atoms with E-state index in [1.807, 2.05) is 11.8 Å². The fourth-order valence-corrected chi connectivity index (χ4v) is 3.66. The lowest BCUT2D eigenvalue weighted by atomic mass is 9.99. The number of nitrogens with one attached hydrogen (secondary N) is 1. The highest BCUT2D eigenvalue weighted by atomic mass is 127. The molecule has 2 atom stereocenters. The van der Waals surface area contributed by atoms with Crippen LogP contribution in [0.3, 0.4) is 0 Å². The summed E-state index contributed by atoms with van der Waals surface area (Å²) in [5.41, 5.74) is 1.28. The van der Waals surface area contributed by atoms with Crippen LogP contribution in [0.2, 0.25) is 0 Å². The zero-order valence-electron chi connectivity index (χ0n) is 15.3. The molecular formula is C18H28IN3O2S. The molecular weight excluding hydrogens is 449 g/mol. The van der Waals surface area contributed by atoms with Crippen LogP contribution in [0.25, 0.3) is 0 Å². The van der Waals surface area contributed by atoms with E-state index in [0.29, 0.717) is 6.54 Å². The number of ether oxygens (including phenoxy) is 1. The number of nitrogens with zero attached hydrogens (tertiary/aromatic N) is 2. The van der Waals surface area contributed by atoms with Crippen LogP contribution in [0.5, 0.6) is 0 Å². The first kappa shape index (κ1) is 22.1. The smallest absolute Gasteiger partial charge is 0.310 e. The number of thioether (sulfide) groups is 1.